The second-order valence-corrected chi connectivity index (χ2v) is 7.89. The summed E-state index contributed by atoms with van der Waals surface area (Å²) in [4.78, 5) is 38.6. The SMILES string of the molecule is CSCCC(NC(=O)N1CC(=O)Nc2ccccc21)C(=O)NCCC(C)C. The number of hydrogen-bond acceptors (Lipinski definition) is 4. The van der Waals surface area contributed by atoms with E-state index in [0.717, 1.165) is 12.2 Å². The third-order valence-electron chi connectivity index (χ3n) is 4.26. The normalized spacial score (nSPS) is 14.4. The average Bonchev–Trinajstić information content (AvgIpc) is 2.63. The summed E-state index contributed by atoms with van der Waals surface area (Å²) in [6.07, 6.45) is 3.37. The number of fused-ring (bicyclic) bond motifs is 1. The Morgan fingerprint density at radius 3 is 2.70 bits per heavy atom. The first-order valence-corrected chi connectivity index (χ1v) is 10.5. The van der Waals surface area contributed by atoms with E-state index in [4.69, 9.17) is 0 Å². The molecule has 4 amide bonds. The summed E-state index contributed by atoms with van der Waals surface area (Å²) in [6, 6.07) is 6.05. The van der Waals surface area contributed by atoms with Crippen molar-refractivity contribution in [3.05, 3.63) is 24.3 Å². The minimum absolute atomic E-state index is 0.0763. The fourth-order valence-electron chi connectivity index (χ4n) is 2.75. The van der Waals surface area contributed by atoms with Crippen molar-refractivity contribution in [1.29, 1.82) is 0 Å². The molecule has 1 unspecified atom stereocenters. The van der Waals surface area contributed by atoms with Crippen LogP contribution in [0.25, 0.3) is 0 Å². The number of thioether (sulfide) groups is 1. The van der Waals surface area contributed by atoms with Gasteiger partial charge in [-0.25, -0.2) is 4.79 Å². The fourth-order valence-corrected chi connectivity index (χ4v) is 3.22. The summed E-state index contributed by atoms with van der Waals surface area (Å²) in [6.45, 7) is 4.69. The molecule has 0 saturated heterocycles. The second kappa shape index (κ2) is 10.2. The fraction of sp³-hybridized carbons (Fsp3) is 0.526. The lowest BCUT2D eigenvalue weighted by molar-refractivity contribution is -0.123. The molecule has 1 aliphatic heterocycles. The Bertz CT molecular complexity index is 681. The Hall–Kier alpha value is -2.22. The zero-order valence-corrected chi connectivity index (χ0v) is 16.9. The number of rotatable bonds is 8. The van der Waals surface area contributed by atoms with Crippen LogP contribution in [-0.4, -0.2) is 49.0 Å². The molecule has 0 aromatic heterocycles. The minimum atomic E-state index is -0.630. The smallest absolute Gasteiger partial charge is 0.323 e. The molecule has 0 bridgehead atoms. The summed E-state index contributed by atoms with van der Waals surface area (Å²) in [5.74, 6) is 0.797. The van der Waals surface area contributed by atoms with E-state index < -0.39 is 12.1 Å². The van der Waals surface area contributed by atoms with Crippen LogP contribution in [0.3, 0.4) is 0 Å². The van der Waals surface area contributed by atoms with E-state index in [1.165, 1.54) is 4.90 Å². The number of nitrogens with one attached hydrogen (secondary N) is 3. The molecule has 0 aliphatic carbocycles. The van der Waals surface area contributed by atoms with Gasteiger partial charge in [0.15, 0.2) is 0 Å². The molecular weight excluding hydrogens is 364 g/mol. The Kier molecular flexibility index (Phi) is 7.97. The van der Waals surface area contributed by atoms with Crippen LogP contribution in [0.1, 0.15) is 26.7 Å². The van der Waals surface area contributed by atoms with Crippen molar-refractivity contribution in [1.82, 2.24) is 10.6 Å². The van der Waals surface area contributed by atoms with Crippen LogP contribution in [0.15, 0.2) is 24.3 Å². The molecule has 2 rings (SSSR count). The summed E-state index contributed by atoms with van der Waals surface area (Å²) in [5, 5.41) is 8.45. The minimum Gasteiger partial charge on any atom is -0.354 e. The van der Waals surface area contributed by atoms with Gasteiger partial charge < -0.3 is 16.0 Å². The van der Waals surface area contributed by atoms with Crippen LogP contribution in [0, 0.1) is 5.92 Å². The molecule has 8 heteroatoms. The molecule has 0 saturated carbocycles. The first-order chi connectivity index (χ1) is 12.9. The summed E-state index contributed by atoms with van der Waals surface area (Å²) in [7, 11) is 0. The highest BCUT2D eigenvalue weighted by atomic mass is 32.2. The number of anilines is 2. The maximum absolute atomic E-state index is 12.8. The van der Waals surface area contributed by atoms with E-state index in [0.29, 0.717) is 30.3 Å². The van der Waals surface area contributed by atoms with Gasteiger partial charge in [0.25, 0.3) is 0 Å². The molecule has 1 aromatic carbocycles. The number of carbonyl (C=O) groups excluding carboxylic acids is 3. The van der Waals surface area contributed by atoms with Gasteiger partial charge in [-0.2, -0.15) is 11.8 Å². The van der Waals surface area contributed by atoms with Gasteiger partial charge in [0.2, 0.25) is 11.8 Å². The number of urea groups is 1. The van der Waals surface area contributed by atoms with Crippen molar-refractivity contribution in [2.45, 2.75) is 32.7 Å². The lowest BCUT2D eigenvalue weighted by Gasteiger charge is -2.30. The molecule has 1 aromatic rings. The highest BCUT2D eigenvalue weighted by molar-refractivity contribution is 7.98. The quantitative estimate of drug-likeness (QED) is 0.634. The van der Waals surface area contributed by atoms with Gasteiger partial charge in [0.05, 0.1) is 11.4 Å². The number of carbonyl (C=O) groups is 3. The lowest BCUT2D eigenvalue weighted by Crippen LogP contribution is -2.54. The van der Waals surface area contributed by atoms with Crippen molar-refractivity contribution >= 4 is 41.0 Å². The van der Waals surface area contributed by atoms with Crippen molar-refractivity contribution in [2.24, 2.45) is 5.92 Å². The largest absolute Gasteiger partial charge is 0.354 e. The van der Waals surface area contributed by atoms with Gasteiger partial charge in [0, 0.05) is 6.54 Å². The summed E-state index contributed by atoms with van der Waals surface area (Å²) < 4.78 is 0. The molecule has 1 aliphatic rings. The number of amides is 4. The molecule has 0 radical (unpaired) electrons. The Balaban J connectivity index is 2.06. The van der Waals surface area contributed by atoms with Gasteiger partial charge in [-0.1, -0.05) is 26.0 Å². The number of para-hydroxylation sites is 2. The predicted octanol–water partition coefficient (Wildman–Crippen LogP) is 2.44. The highest BCUT2D eigenvalue weighted by Crippen LogP contribution is 2.28. The molecule has 148 valence electrons. The van der Waals surface area contributed by atoms with E-state index in [-0.39, 0.29) is 18.4 Å². The second-order valence-electron chi connectivity index (χ2n) is 6.91. The van der Waals surface area contributed by atoms with Gasteiger partial charge >= 0.3 is 6.03 Å². The molecule has 0 fully saturated rings. The molecule has 27 heavy (non-hydrogen) atoms. The maximum Gasteiger partial charge on any atom is 0.323 e. The zero-order chi connectivity index (χ0) is 19.8. The zero-order valence-electron chi connectivity index (χ0n) is 16.1. The number of hydrogen-bond donors (Lipinski definition) is 3. The Morgan fingerprint density at radius 1 is 1.26 bits per heavy atom. The monoisotopic (exact) mass is 392 g/mol. The van der Waals surface area contributed by atoms with Gasteiger partial charge in [-0.3, -0.25) is 14.5 Å². The standard InChI is InChI=1S/C19H28N4O3S/c1-13(2)8-10-20-18(25)15(9-11-27-3)22-19(26)23-12-17(24)21-14-6-4-5-7-16(14)23/h4-7,13,15H,8-12H2,1-3H3,(H,20,25)(H,21,24)(H,22,26). The molecule has 7 nitrogen and oxygen atoms in total. The van der Waals surface area contributed by atoms with Crippen molar-refractivity contribution in [3.63, 3.8) is 0 Å². The molecular formula is C19H28N4O3S. The molecule has 1 atom stereocenters. The maximum atomic E-state index is 12.8. The first kappa shape index (κ1) is 21.1. The van der Waals surface area contributed by atoms with Gasteiger partial charge in [-0.05, 0) is 42.9 Å². The lowest BCUT2D eigenvalue weighted by atomic mass is 10.1. The van der Waals surface area contributed by atoms with Crippen molar-refractivity contribution in [3.8, 4) is 0 Å². The molecule has 3 N–H and O–H groups in total. The van der Waals surface area contributed by atoms with Gasteiger partial charge in [-0.15, -0.1) is 0 Å². The van der Waals surface area contributed by atoms with E-state index in [9.17, 15) is 14.4 Å². The molecule has 0 spiro atoms. The van der Waals surface area contributed by atoms with Crippen molar-refractivity contribution in [2.75, 3.05) is 35.3 Å². The van der Waals surface area contributed by atoms with E-state index in [2.05, 4.69) is 29.8 Å². The predicted molar refractivity (Wildman–Crippen MR) is 110 cm³/mol. The van der Waals surface area contributed by atoms with Crippen LogP contribution < -0.4 is 20.9 Å². The third-order valence-corrected chi connectivity index (χ3v) is 4.91. The van der Waals surface area contributed by atoms with Crippen LogP contribution in [0.5, 0.6) is 0 Å². The third kappa shape index (κ3) is 6.16. The van der Waals surface area contributed by atoms with Crippen LogP contribution in [-0.2, 0) is 9.59 Å². The highest BCUT2D eigenvalue weighted by Gasteiger charge is 2.29. The molecule has 1 heterocycles. The van der Waals surface area contributed by atoms with E-state index in [1.54, 1.807) is 36.0 Å². The average molecular weight is 393 g/mol. The van der Waals surface area contributed by atoms with Crippen LogP contribution >= 0.6 is 11.8 Å². The van der Waals surface area contributed by atoms with E-state index in [1.807, 2.05) is 6.26 Å². The summed E-state index contributed by atoms with van der Waals surface area (Å²) in [5.41, 5.74) is 1.21. The van der Waals surface area contributed by atoms with Crippen molar-refractivity contribution < 1.29 is 14.4 Å². The van der Waals surface area contributed by atoms with Crippen LogP contribution in [0.2, 0.25) is 0 Å². The Labute approximate surface area is 164 Å². The van der Waals surface area contributed by atoms with E-state index >= 15 is 0 Å². The topological polar surface area (TPSA) is 90.5 Å². The Morgan fingerprint density at radius 2 is 2.00 bits per heavy atom. The summed E-state index contributed by atoms with van der Waals surface area (Å²) >= 11 is 1.62. The van der Waals surface area contributed by atoms with Crippen LogP contribution in [0.4, 0.5) is 16.2 Å². The van der Waals surface area contributed by atoms with Gasteiger partial charge in [0.1, 0.15) is 12.6 Å². The number of nitrogens with zero attached hydrogens (tertiary/aromatic N) is 1. The number of benzene rings is 1. The first-order valence-electron chi connectivity index (χ1n) is 9.16.